The number of carbonyl (C=O) groups is 2. The Morgan fingerprint density at radius 2 is 1.85 bits per heavy atom. The van der Waals surface area contributed by atoms with Crippen molar-refractivity contribution in [3.05, 3.63) is 94.0 Å². The van der Waals surface area contributed by atoms with Gasteiger partial charge in [-0.1, -0.05) is 29.8 Å². The van der Waals surface area contributed by atoms with Crippen molar-refractivity contribution in [2.75, 3.05) is 27.2 Å². The molecule has 178 valence electrons. The van der Waals surface area contributed by atoms with Gasteiger partial charge in [-0.2, -0.15) is 0 Å². The maximum Gasteiger partial charge on any atom is 0.339 e. The number of nitrogens with one attached hydrogen (secondary N) is 1. The van der Waals surface area contributed by atoms with E-state index in [-0.39, 0.29) is 5.91 Å². The zero-order valence-electron chi connectivity index (χ0n) is 19.1. The van der Waals surface area contributed by atoms with Gasteiger partial charge in [0.1, 0.15) is 5.15 Å². The average molecular weight is 483 g/mol. The molecule has 0 spiro atoms. The molecule has 34 heavy (non-hydrogen) atoms. The number of amides is 1. The molecule has 2 N–H and O–H groups in total. The number of esters is 1. The molecule has 9 heteroatoms. The molecule has 0 bridgehead atoms. The van der Waals surface area contributed by atoms with Crippen LogP contribution in [0.4, 0.5) is 0 Å². The number of nitrogens with zero attached hydrogens (tertiary/aromatic N) is 3. The Balaban J connectivity index is 1.47. The molecule has 1 aromatic carbocycles. The molecular weight excluding hydrogens is 456 g/mol. The number of aliphatic hydroxyl groups is 1. The van der Waals surface area contributed by atoms with Crippen molar-refractivity contribution in [1.29, 1.82) is 0 Å². The number of hydrogen-bond donors (Lipinski definition) is 2. The lowest BCUT2D eigenvalue weighted by molar-refractivity contribution is 0.0600. The number of pyridine rings is 2. The summed E-state index contributed by atoms with van der Waals surface area (Å²) in [4.78, 5) is 34.1. The van der Waals surface area contributed by atoms with Gasteiger partial charge in [0.25, 0.3) is 5.91 Å². The van der Waals surface area contributed by atoms with Crippen molar-refractivity contribution in [2.45, 2.75) is 19.1 Å². The number of rotatable bonds is 10. The summed E-state index contributed by atoms with van der Waals surface area (Å²) in [6.07, 6.45) is 4.70. The molecule has 0 saturated heterocycles. The number of aliphatic hydroxyl groups excluding tert-OH is 1. The maximum absolute atomic E-state index is 12.8. The summed E-state index contributed by atoms with van der Waals surface area (Å²) in [5, 5.41) is 13.8. The van der Waals surface area contributed by atoms with Crippen LogP contribution >= 0.6 is 11.6 Å². The highest BCUT2D eigenvalue weighted by atomic mass is 35.5. The Kier molecular flexibility index (Phi) is 9.09. The lowest BCUT2D eigenvalue weighted by Crippen LogP contribution is -2.26. The maximum atomic E-state index is 12.8. The Hall–Kier alpha value is -3.33. The van der Waals surface area contributed by atoms with Gasteiger partial charge in [0.15, 0.2) is 0 Å². The zero-order valence-corrected chi connectivity index (χ0v) is 19.8. The molecule has 3 aromatic rings. The SMILES string of the molecule is COC(=O)c1cncc(CN(C)C(=O)c2ccc(CCNC[C@H](O)c3ccc(Cl)nc3)cc2)c1. The van der Waals surface area contributed by atoms with Crippen molar-refractivity contribution < 1.29 is 19.4 Å². The number of hydrogen-bond acceptors (Lipinski definition) is 7. The van der Waals surface area contributed by atoms with E-state index in [0.29, 0.717) is 41.5 Å². The largest absolute Gasteiger partial charge is 0.465 e. The molecule has 0 aliphatic heterocycles. The fraction of sp³-hybridized carbons (Fsp3) is 0.280. The molecule has 0 radical (unpaired) electrons. The van der Waals surface area contributed by atoms with E-state index in [1.165, 1.54) is 13.3 Å². The fourth-order valence-corrected chi connectivity index (χ4v) is 3.47. The van der Waals surface area contributed by atoms with Gasteiger partial charge in [0, 0.05) is 49.9 Å². The first kappa shape index (κ1) is 25.3. The second-order valence-corrected chi connectivity index (χ2v) is 8.20. The van der Waals surface area contributed by atoms with Crippen LogP contribution in [0.25, 0.3) is 0 Å². The monoisotopic (exact) mass is 482 g/mol. The third-order valence-corrected chi connectivity index (χ3v) is 5.47. The van der Waals surface area contributed by atoms with Crippen LogP contribution in [0.15, 0.2) is 61.1 Å². The topological polar surface area (TPSA) is 105 Å². The minimum absolute atomic E-state index is 0.132. The molecule has 8 nitrogen and oxygen atoms in total. The summed E-state index contributed by atoms with van der Waals surface area (Å²) in [5.41, 5.74) is 3.43. The van der Waals surface area contributed by atoms with Crippen LogP contribution in [0, 0.1) is 0 Å². The van der Waals surface area contributed by atoms with E-state index in [9.17, 15) is 14.7 Å². The summed E-state index contributed by atoms with van der Waals surface area (Å²) in [6.45, 7) is 1.39. The van der Waals surface area contributed by atoms with Gasteiger partial charge in [-0.15, -0.1) is 0 Å². The summed E-state index contributed by atoms with van der Waals surface area (Å²) in [6, 6.07) is 12.5. The molecule has 0 aliphatic carbocycles. The van der Waals surface area contributed by atoms with E-state index in [0.717, 1.165) is 17.5 Å². The molecule has 0 unspecified atom stereocenters. The summed E-state index contributed by atoms with van der Waals surface area (Å²) in [7, 11) is 3.01. The normalized spacial score (nSPS) is 11.6. The standard InChI is InChI=1S/C25H27ClN4O4/c1-30(16-18-11-21(13-28-12-18)25(33)34-2)24(32)19-5-3-17(4-6-19)9-10-27-15-22(31)20-7-8-23(26)29-14-20/h3-8,11-14,22,27,31H,9-10,15-16H2,1-2H3/t22-/m0/s1. The van der Waals surface area contributed by atoms with Crippen molar-refractivity contribution in [1.82, 2.24) is 20.2 Å². The van der Waals surface area contributed by atoms with Gasteiger partial charge in [0.05, 0.1) is 18.8 Å². The Morgan fingerprint density at radius 1 is 1.09 bits per heavy atom. The van der Waals surface area contributed by atoms with Crippen molar-refractivity contribution in [2.24, 2.45) is 0 Å². The number of methoxy groups -OCH3 is 1. The van der Waals surface area contributed by atoms with E-state index in [1.807, 2.05) is 12.1 Å². The smallest absolute Gasteiger partial charge is 0.339 e. The van der Waals surface area contributed by atoms with Gasteiger partial charge >= 0.3 is 5.97 Å². The first-order chi connectivity index (χ1) is 16.4. The van der Waals surface area contributed by atoms with Crippen LogP contribution in [-0.2, 0) is 17.7 Å². The van der Waals surface area contributed by atoms with Crippen molar-refractivity contribution in [3.63, 3.8) is 0 Å². The van der Waals surface area contributed by atoms with Gasteiger partial charge in [-0.3, -0.25) is 9.78 Å². The quantitative estimate of drug-likeness (QED) is 0.260. The van der Waals surface area contributed by atoms with Gasteiger partial charge in [-0.25, -0.2) is 9.78 Å². The van der Waals surface area contributed by atoms with Crippen molar-refractivity contribution in [3.8, 4) is 0 Å². The number of halogens is 1. The molecular formula is C25H27ClN4O4. The molecule has 2 aromatic heterocycles. The Labute approximate surface area is 203 Å². The summed E-state index contributed by atoms with van der Waals surface area (Å²) in [5.74, 6) is -0.599. The van der Waals surface area contributed by atoms with E-state index in [2.05, 4.69) is 15.3 Å². The predicted octanol–water partition coefficient (Wildman–Crippen LogP) is 3.05. The third-order valence-electron chi connectivity index (χ3n) is 5.25. The highest BCUT2D eigenvalue weighted by molar-refractivity contribution is 6.29. The van der Waals surface area contributed by atoms with E-state index >= 15 is 0 Å². The molecule has 1 amide bonds. The second-order valence-electron chi connectivity index (χ2n) is 7.82. The highest BCUT2D eigenvalue weighted by Crippen LogP contribution is 2.14. The molecule has 0 aliphatic rings. The highest BCUT2D eigenvalue weighted by Gasteiger charge is 2.14. The number of benzene rings is 1. The van der Waals surface area contributed by atoms with Crippen LogP contribution in [0.1, 0.15) is 43.5 Å². The molecule has 1 atom stereocenters. The van der Waals surface area contributed by atoms with E-state index in [4.69, 9.17) is 16.3 Å². The van der Waals surface area contributed by atoms with Crippen LogP contribution in [0.3, 0.4) is 0 Å². The van der Waals surface area contributed by atoms with Crippen LogP contribution in [-0.4, -0.2) is 59.1 Å². The zero-order chi connectivity index (χ0) is 24.5. The first-order valence-corrected chi connectivity index (χ1v) is 11.1. The van der Waals surface area contributed by atoms with Crippen molar-refractivity contribution >= 4 is 23.5 Å². The second kappa shape index (κ2) is 12.2. The van der Waals surface area contributed by atoms with Crippen LogP contribution in [0.2, 0.25) is 5.15 Å². The first-order valence-electron chi connectivity index (χ1n) is 10.7. The summed E-state index contributed by atoms with van der Waals surface area (Å²) < 4.78 is 4.71. The fourth-order valence-electron chi connectivity index (χ4n) is 3.36. The number of ether oxygens (including phenoxy) is 1. The van der Waals surface area contributed by atoms with Crippen LogP contribution in [0.5, 0.6) is 0 Å². The lowest BCUT2D eigenvalue weighted by atomic mass is 10.1. The summed E-state index contributed by atoms with van der Waals surface area (Å²) >= 11 is 5.77. The third kappa shape index (κ3) is 7.08. The number of aromatic nitrogens is 2. The Morgan fingerprint density at radius 3 is 2.53 bits per heavy atom. The molecule has 3 rings (SSSR count). The van der Waals surface area contributed by atoms with Gasteiger partial charge < -0.3 is 20.1 Å². The molecule has 2 heterocycles. The van der Waals surface area contributed by atoms with Crippen LogP contribution < -0.4 is 5.32 Å². The van der Waals surface area contributed by atoms with Gasteiger partial charge in [-0.05, 0) is 48.4 Å². The lowest BCUT2D eigenvalue weighted by Gasteiger charge is -2.18. The minimum Gasteiger partial charge on any atom is -0.465 e. The average Bonchev–Trinajstić information content (AvgIpc) is 2.86. The van der Waals surface area contributed by atoms with E-state index < -0.39 is 12.1 Å². The molecule has 0 saturated carbocycles. The minimum atomic E-state index is -0.663. The predicted molar refractivity (Wildman–Crippen MR) is 129 cm³/mol. The van der Waals surface area contributed by atoms with Gasteiger partial charge in [0.2, 0.25) is 0 Å². The number of carbonyl (C=O) groups excluding carboxylic acids is 2. The van der Waals surface area contributed by atoms with E-state index in [1.54, 1.807) is 54.7 Å². The molecule has 0 fully saturated rings. The Bertz CT molecular complexity index is 1110.